The second-order valence-electron chi connectivity index (χ2n) is 5.60. The van der Waals surface area contributed by atoms with Crippen LogP contribution >= 0.6 is 0 Å². The summed E-state index contributed by atoms with van der Waals surface area (Å²) in [6.07, 6.45) is 1.76. The molecule has 2 aromatic carbocycles. The Morgan fingerprint density at radius 3 is 2.83 bits per heavy atom. The normalized spacial score (nSPS) is 11.7. The first-order valence-electron chi connectivity index (χ1n) is 7.56. The van der Waals surface area contributed by atoms with Crippen molar-refractivity contribution in [2.24, 2.45) is 0 Å². The van der Waals surface area contributed by atoms with Crippen molar-refractivity contribution in [3.63, 3.8) is 0 Å². The minimum absolute atomic E-state index is 0.294. The lowest BCUT2D eigenvalue weighted by molar-refractivity contribution is 0.748. The molecule has 0 radical (unpaired) electrons. The molecule has 0 amide bonds. The molecule has 3 heterocycles. The first kappa shape index (κ1) is 13.0. The number of rotatable bonds is 2. The number of aromatic amines is 1. The molecule has 0 bridgehead atoms. The molecule has 7 nitrogen and oxygen atoms in total. The fourth-order valence-electron chi connectivity index (χ4n) is 2.98. The van der Waals surface area contributed by atoms with Gasteiger partial charge in [0.15, 0.2) is 11.5 Å². The van der Waals surface area contributed by atoms with E-state index in [4.69, 9.17) is 0 Å². The summed E-state index contributed by atoms with van der Waals surface area (Å²) in [5.41, 5.74) is 2.95. The van der Waals surface area contributed by atoms with Crippen molar-refractivity contribution in [1.82, 2.24) is 29.1 Å². The van der Waals surface area contributed by atoms with E-state index in [1.54, 1.807) is 6.33 Å². The number of para-hydroxylation sites is 3. The molecule has 116 valence electrons. The van der Waals surface area contributed by atoms with Crippen LogP contribution in [-0.4, -0.2) is 29.1 Å². The van der Waals surface area contributed by atoms with Gasteiger partial charge in [-0.3, -0.25) is 0 Å². The van der Waals surface area contributed by atoms with Gasteiger partial charge in [-0.1, -0.05) is 24.3 Å². The molecular weight excluding hydrogens is 304 g/mol. The Morgan fingerprint density at radius 2 is 1.88 bits per heavy atom. The predicted molar refractivity (Wildman–Crippen MR) is 89.9 cm³/mol. The zero-order valence-electron chi connectivity index (χ0n) is 12.5. The van der Waals surface area contributed by atoms with Crippen LogP contribution in [0, 0.1) is 0 Å². The number of hydrogen-bond donors (Lipinski definition) is 1. The van der Waals surface area contributed by atoms with Gasteiger partial charge in [0.25, 0.3) is 0 Å². The van der Waals surface area contributed by atoms with E-state index in [1.807, 2.05) is 53.1 Å². The molecular formula is C17H12N6O. The van der Waals surface area contributed by atoms with Crippen LogP contribution in [0.5, 0.6) is 0 Å². The third-order valence-corrected chi connectivity index (χ3v) is 4.09. The van der Waals surface area contributed by atoms with Crippen LogP contribution in [0.3, 0.4) is 0 Å². The molecule has 3 aromatic heterocycles. The van der Waals surface area contributed by atoms with Crippen LogP contribution in [0.25, 0.3) is 27.6 Å². The minimum atomic E-state index is -0.294. The Balaban J connectivity index is 1.69. The SMILES string of the molecule is O=c1[nH]c2ccccc2c2nc(Cn3cnc4ccccc43)nn12. The maximum Gasteiger partial charge on any atom is 0.348 e. The van der Waals surface area contributed by atoms with Crippen LogP contribution in [0.2, 0.25) is 0 Å². The summed E-state index contributed by atoms with van der Waals surface area (Å²) in [5.74, 6) is 0.569. The summed E-state index contributed by atoms with van der Waals surface area (Å²) >= 11 is 0. The summed E-state index contributed by atoms with van der Waals surface area (Å²) in [7, 11) is 0. The third-order valence-electron chi connectivity index (χ3n) is 4.09. The van der Waals surface area contributed by atoms with E-state index in [2.05, 4.69) is 20.1 Å². The topological polar surface area (TPSA) is 80.9 Å². The Morgan fingerprint density at radius 1 is 1.04 bits per heavy atom. The molecule has 7 heteroatoms. The van der Waals surface area contributed by atoms with Gasteiger partial charge in [0.1, 0.15) is 0 Å². The van der Waals surface area contributed by atoms with Crippen molar-refractivity contribution >= 4 is 27.6 Å². The van der Waals surface area contributed by atoms with E-state index in [-0.39, 0.29) is 5.69 Å². The van der Waals surface area contributed by atoms with Crippen LogP contribution in [0.15, 0.2) is 59.7 Å². The molecule has 0 unspecified atom stereocenters. The zero-order chi connectivity index (χ0) is 16.1. The highest BCUT2D eigenvalue weighted by molar-refractivity contribution is 5.90. The third kappa shape index (κ3) is 1.84. The maximum absolute atomic E-state index is 12.2. The summed E-state index contributed by atoms with van der Waals surface area (Å²) in [4.78, 5) is 24.0. The number of fused-ring (bicyclic) bond motifs is 4. The highest BCUT2D eigenvalue weighted by Crippen LogP contribution is 2.16. The zero-order valence-corrected chi connectivity index (χ0v) is 12.5. The molecule has 5 rings (SSSR count). The highest BCUT2D eigenvalue weighted by atomic mass is 16.1. The van der Waals surface area contributed by atoms with Crippen LogP contribution < -0.4 is 5.69 Å². The van der Waals surface area contributed by atoms with Crippen LogP contribution in [0.1, 0.15) is 5.82 Å². The Hall–Kier alpha value is -3.48. The number of imidazole rings is 1. The number of nitrogens with one attached hydrogen (secondary N) is 1. The first-order valence-corrected chi connectivity index (χ1v) is 7.56. The molecule has 0 spiro atoms. The molecule has 0 aliphatic rings. The number of aromatic nitrogens is 6. The van der Waals surface area contributed by atoms with Crippen molar-refractivity contribution in [2.75, 3.05) is 0 Å². The maximum atomic E-state index is 12.2. The smallest absolute Gasteiger partial charge is 0.323 e. The highest BCUT2D eigenvalue weighted by Gasteiger charge is 2.12. The van der Waals surface area contributed by atoms with Gasteiger partial charge in [-0.05, 0) is 24.3 Å². The van der Waals surface area contributed by atoms with E-state index in [1.165, 1.54) is 4.52 Å². The number of benzene rings is 2. The van der Waals surface area contributed by atoms with Crippen molar-refractivity contribution < 1.29 is 0 Å². The van der Waals surface area contributed by atoms with E-state index < -0.39 is 0 Å². The second-order valence-corrected chi connectivity index (χ2v) is 5.60. The number of H-pyrrole nitrogens is 1. The van der Waals surface area contributed by atoms with Crippen molar-refractivity contribution in [1.29, 1.82) is 0 Å². The largest absolute Gasteiger partial charge is 0.348 e. The van der Waals surface area contributed by atoms with Crippen LogP contribution in [0.4, 0.5) is 0 Å². The summed E-state index contributed by atoms with van der Waals surface area (Å²) in [6.45, 7) is 0.454. The van der Waals surface area contributed by atoms with Crippen molar-refractivity contribution in [3.05, 3.63) is 71.2 Å². The quantitative estimate of drug-likeness (QED) is 0.540. The van der Waals surface area contributed by atoms with Crippen molar-refractivity contribution in [3.8, 4) is 0 Å². The summed E-state index contributed by atoms with van der Waals surface area (Å²) in [6, 6.07) is 15.5. The van der Waals surface area contributed by atoms with Gasteiger partial charge < -0.3 is 9.55 Å². The molecule has 1 N–H and O–H groups in total. The number of nitrogens with zero attached hydrogens (tertiary/aromatic N) is 5. The minimum Gasteiger partial charge on any atom is -0.323 e. The van der Waals surface area contributed by atoms with E-state index in [9.17, 15) is 4.79 Å². The molecule has 0 atom stereocenters. The molecule has 5 aromatic rings. The number of hydrogen-bond acceptors (Lipinski definition) is 4. The predicted octanol–water partition coefficient (Wildman–Crippen LogP) is 1.97. The van der Waals surface area contributed by atoms with Gasteiger partial charge in [-0.2, -0.15) is 4.52 Å². The average molecular weight is 316 g/mol. The van der Waals surface area contributed by atoms with Gasteiger partial charge in [0.05, 0.1) is 29.4 Å². The van der Waals surface area contributed by atoms with Crippen LogP contribution in [-0.2, 0) is 6.54 Å². The monoisotopic (exact) mass is 316 g/mol. The van der Waals surface area contributed by atoms with Gasteiger partial charge in [-0.15, -0.1) is 5.10 Å². The first-order chi connectivity index (χ1) is 11.8. The molecule has 24 heavy (non-hydrogen) atoms. The molecule has 0 aliphatic heterocycles. The average Bonchev–Trinajstić information content (AvgIpc) is 3.21. The van der Waals surface area contributed by atoms with E-state index in [0.29, 0.717) is 18.0 Å². The fraction of sp³-hybridized carbons (Fsp3) is 0.0588. The molecule has 0 aliphatic carbocycles. The summed E-state index contributed by atoms with van der Waals surface area (Å²) in [5, 5.41) is 5.22. The lowest BCUT2D eigenvalue weighted by Crippen LogP contribution is -2.17. The van der Waals surface area contributed by atoms with Gasteiger partial charge in [0, 0.05) is 5.39 Å². The Kier molecular flexibility index (Phi) is 2.58. The van der Waals surface area contributed by atoms with E-state index >= 15 is 0 Å². The molecule has 0 saturated carbocycles. The fourth-order valence-corrected chi connectivity index (χ4v) is 2.98. The van der Waals surface area contributed by atoms with Gasteiger partial charge in [-0.25, -0.2) is 14.8 Å². The lowest BCUT2D eigenvalue weighted by Gasteiger charge is -1.99. The molecule has 0 fully saturated rings. The molecule has 0 saturated heterocycles. The van der Waals surface area contributed by atoms with E-state index in [0.717, 1.165) is 21.9 Å². The summed E-state index contributed by atoms with van der Waals surface area (Å²) < 4.78 is 3.29. The standard InChI is InChI=1S/C17H12N6O/c24-17-19-12-6-2-1-5-11(12)16-20-15(21-23(16)17)9-22-10-18-13-7-3-4-8-14(13)22/h1-8,10H,9H2,(H,19,24). The van der Waals surface area contributed by atoms with Gasteiger partial charge in [0.2, 0.25) is 0 Å². The van der Waals surface area contributed by atoms with Crippen molar-refractivity contribution in [2.45, 2.75) is 6.54 Å². The second kappa shape index (κ2) is 4.76. The van der Waals surface area contributed by atoms with Gasteiger partial charge >= 0.3 is 5.69 Å². The Labute approximate surface area is 135 Å². The lowest BCUT2D eigenvalue weighted by atomic mass is 10.2. The Bertz CT molecular complexity index is 1260.